The Hall–Kier alpha value is -1.49. The molecular formula is C13H22N4O. The van der Waals surface area contributed by atoms with Gasteiger partial charge >= 0.3 is 0 Å². The van der Waals surface area contributed by atoms with Crippen molar-refractivity contribution in [3.05, 3.63) is 18.0 Å². The monoisotopic (exact) mass is 250 g/mol. The number of hydrogen-bond donors (Lipinski definition) is 2. The molecule has 1 amide bonds. The molecule has 0 radical (unpaired) electrons. The highest BCUT2D eigenvalue weighted by atomic mass is 16.1. The molecule has 0 aliphatic heterocycles. The first kappa shape index (κ1) is 13.0. The van der Waals surface area contributed by atoms with Crippen LogP contribution in [0.3, 0.4) is 0 Å². The van der Waals surface area contributed by atoms with E-state index < -0.39 is 0 Å². The van der Waals surface area contributed by atoms with Crippen molar-refractivity contribution in [3.8, 4) is 0 Å². The molecule has 1 aliphatic carbocycles. The second-order valence-corrected chi connectivity index (χ2v) is 5.21. The van der Waals surface area contributed by atoms with Gasteiger partial charge in [-0.3, -0.25) is 4.79 Å². The molecule has 18 heavy (non-hydrogen) atoms. The number of aromatic nitrogens is 1. The fourth-order valence-corrected chi connectivity index (χ4v) is 2.03. The molecule has 1 heterocycles. The van der Waals surface area contributed by atoms with Crippen LogP contribution in [0.1, 0.15) is 35.8 Å². The summed E-state index contributed by atoms with van der Waals surface area (Å²) < 4.78 is 2.01. The van der Waals surface area contributed by atoms with Gasteiger partial charge in [-0.05, 0) is 46.0 Å². The Labute approximate surface area is 108 Å². The SMILES string of the molecule is CN(C)CCCNC(=O)c1cc(N)cn1C1CC1. The lowest BCUT2D eigenvalue weighted by atomic mass is 10.3. The minimum absolute atomic E-state index is 0.0163. The standard InChI is InChI=1S/C13H22N4O/c1-16(2)7-3-6-15-13(18)12-8-10(14)9-17(12)11-4-5-11/h8-9,11H,3-7,14H2,1-2H3,(H,15,18). The number of nitrogens with zero attached hydrogens (tertiary/aromatic N) is 2. The number of rotatable bonds is 6. The summed E-state index contributed by atoms with van der Waals surface area (Å²) in [6.07, 6.45) is 5.12. The van der Waals surface area contributed by atoms with Crippen molar-refractivity contribution >= 4 is 11.6 Å². The van der Waals surface area contributed by atoms with Gasteiger partial charge in [0.1, 0.15) is 5.69 Å². The highest BCUT2D eigenvalue weighted by Crippen LogP contribution is 2.37. The third kappa shape index (κ3) is 3.26. The molecule has 1 aromatic rings. The Bertz CT molecular complexity index is 421. The second kappa shape index (κ2) is 5.44. The normalized spacial score (nSPS) is 15.1. The Kier molecular flexibility index (Phi) is 3.91. The van der Waals surface area contributed by atoms with Crippen molar-refractivity contribution in [2.75, 3.05) is 32.9 Å². The van der Waals surface area contributed by atoms with Gasteiger partial charge in [0.05, 0.1) is 5.69 Å². The highest BCUT2D eigenvalue weighted by Gasteiger charge is 2.27. The number of amides is 1. The topological polar surface area (TPSA) is 63.3 Å². The molecule has 2 rings (SSSR count). The Morgan fingerprint density at radius 1 is 1.56 bits per heavy atom. The van der Waals surface area contributed by atoms with E-state index >= 15 is 0 Å². The fourth-order valence-electron chi connectivity index (χ4n) is 2.03. The molecule has 1 aromatic heterocycles. The highest BCUT2D eigenvalue weighted by molar-refractivity contribution is 5.93. The van der Waals surface area contributed by atoms with Gasteiger partial charge in [-0.1, -0.05) is 0 Å². The number of nitrogens with one attached hydrogen (secondary N) is 1. The summed E-state index contributed by atoms with van der Waals surface area (Å²) in [5.74, 6) is -0.0163. The van der Waals surface area contributed by atoms with E-state index in [0.717, 1.165) is 25.8 Å². The minimum atomic E-state index is -0.0163. The van der Waals surface area contributed by atoms with Crippen LogP contribution < -0.4 is 11.1 Å². The van der Waals surface area contributed by atoms with Crippen molar-refractivity contribution in [3.63, 3.8) is 0 Å². The van der Waals surface area contributed by atoms with Gasteiger partial charge in [-0.15, -0.1) is 0 Å². The van der Waals surface area contributed by atoms with E-state index in [9.17, 15) is 4.79 Å². The van der Waals surface area contributed by atoms with Crippen molar-refractivity contribution in [1.29, 1.82) is 0 Å². The van der Waals surface area contributed by atoms with Crippen LogP contribution in [0.25, 0.3) is 0 Å². The van der Waals surface area contributed by atoms with Crippen LogP contribution in [0.15, 0.2) is 12.3 Å². The number of nitrogen functional groups attached to an aromatic ring is 1. The number of nitrogens with two attached hydrogens (primary N) is 1. The summed E-state index contributed by atoms with van der Waals surface area (Å²) in [6.45, 7) is 1.68. The van der Waals surface area contributed by atoms with Crippen molar-refractivity contribution in [1.82, 2.24) is 14.8 Å². The van der Waals surface area contributed by atoms with E-state index in [0.29, 0.717) is 24.0 Å². The largest absolute Gasteiger partial charge is 0.397 e. The minimum Gasteiger partial charge on any atom is -0.397 e. The van der Waals surface area contributed by atoms with Crippen LogP contribution in [0.5, 0.6) is 0 Å². The van der Waals surface area contributed by atoms with Crippen LogP contribution in [-0.4, -0.2) is 42.6 Å². The first-order valence-corrected chi connectivity index (χ1v) is 6.48. The molecule has 0 spiro atoms. The lowest BCUT2D eigenvalue weighted by Gasteiger charge is -2.11. The molecular weight excluding hydrogens is 228 g/mol. The van der Waals surface area contributed by atoms with Gasteiger partial charge in [0, 0.05) is 18.8 Å². The van der Waals surface area contributed by atoms with E-state index in [4.69, 9.17) is 5.73 Å². The molecule has 0 unspecified atom stereocenters. The van der Waals surface area contributed by atoms with Crippen LogP contribution >= 0.6 is 0 Å². The maximum Gasteiger partial charge on any atom is 0.267 e. The van der Waals surface area contributed by atoms with Gasteiger partial charge in [0.2, 0.25) is 0 Å². The Morgan fingerprint density at radius 3 is 2.89 bits per heavy atom. The van der Waals surface area contributed by atoms with Gasteiger partial charge < -0.3 is 20.5 Å². The lowest BCUT2D eigenvalue weighted by molar-refractivity contribution is 0.0943. The second-order valence-electron chi connectivity index (χ2n) is 5.21. The average molecular weight is 250 g/mol. The first-order valence-electron chi connectivity index (χ1n) is 6.48. The van der Waals surface area contributed by atoms with Crippen molar-refractivity contribution in [2.24, 2.45) is 0 Å². The fraction of sp³-hybridized carbons (Fsp3) is 0.615. The van der Waals surface area contributed by atoms with Gasteiger partial charge in [-0.2, -0.15) is 0 Å². The summed E-state index contributed by atoms with van der Waals surface area (Å²) >= 11 is 0. The number of hydrogen-bond acceptors (Lipinski definition) is 3. The maximum atomic E-state index is 12.1. The first-order chi connectivity index (χ1) is 8.58. The number of carbonyl (C=O) groups excluding carboxylic acids is 1. The summed E-state index contributed by atoms with van der Waals surface area (Å²) in [4.78, 5) is 14.2. The van der Waals surface area contributed by atoms with E-state index in [2.05, 4.69) is 10.2 Å². The molecule has 1 fully saturated rings. The summed E-state index contributed by atoms with van der Waals surface area (Å²) in [5, 5.41) is 2.95. The molecule has 3 N–H and O–H groups in total. The number of anilines is 1. The lowest BCUT2D eigenvalue weighted by Crippen LogP contribution is -2.28. The summed E-state index contributed by atoms with van der Waals surface area (Å²) in [7, 11) is 4.06. The third-order valence-corrected chi connectivity index (χ3v) is 3.11. The molecule has 0 bridgehead atoms. The van der Waals surface area contributed by atoms with Gasteiger partial charge in [0.25, 0.3) is 5.91 Å². The molecule has 5 heteroatoms. The molecule has 1 saturated carbocycles. The zero-order chi connectivity index (χ0) is 13.1. The average Bonchev–Trinajstić information content (AvgIpc) is 3.07. The molecule has 0 aromatic carbocycles. The Balaban J connectivity index is 1.88. The molecule has 100 valence electrons. The van der Waals surface area contributed by atoms with E-state index in [1.807, 2.05) is 24.9 Å². The van der Waals surface area contributed by atoms with Crippen LogP contribution in [0, 0.1) is 0 Å². The van der Waals surface area contributed by atoms with E-state index in [1.54, 1.807) is 6.07 Å². The third-order valence-electron chi connectivity index (χ3n) is 3.11. The summed E-state index contributed by atoms with van der Waals surface area (Å²) in [5.41, 5.74) is 7.13. The summed E-state index contributed by atoms with van der Waals surface area (Å²) in [6, 6.07) is 2.24. The molecule has 0 atom stereocenters. The van der Waals surface area contributed by atoms with E-state index in [-0.39, 0.29) is 5.91 Å². The molecule has 1 aliphatic rings. The predicted molar refractivity (Wildman–Crippen MR) is 72.6 cm³/mol. The quantitative estimate of drug-likeness (QED) is 0.743. The maximum absolute atomic E-state index is 12.1. The van der Waals surface area contributed by atoms with Crippen molar-refractivity contribution < 1.29 is 4.79 Å². The van der Waals surface area contributed by atoms with Gasteiger partial charge in [0.15, 0.2) is 0 Å². The molecule has 5 nitrogen and oxygen atoms in total. The number of carbonyl (C=O) groups is 1. The van der Waals surface area contributed by atoms with Gasteiger partial charge in [-0.25, -0.2) is 0 Å². The van der Waals surface area contributed by atoms with Crippen molar-refractivity contribution in [2.45, 2.75) is 25.3 Å². The van der Waals surface area contributed by atoms with E-state index in [1.165, 1.54) is 0 Å². The van der Waals surface area contributed by atoms with Crippen LogP contribution in [0.4, 0.5) is 5.69 Å². The zero-order valence-electron chi connectivity index (χ0n) is 11.1. The Morgan fingerprint density at radius 2 is 2.28 bits per heavy atom. The van der Waals surface area contributed by atoms with Crippen LogP contribution in [0.2, 0.25) is 0 Å². The van der Waals surface area contributed by atoms with Crippen LogP contribution in [-0.2, 0) is 0 Å². The molecule has 0 saturated heterocycles. The predicted octanol–water partition coefficient (Wildman–Crippen LogP) is 1.09. The smallest absolute Gasteiger partial charge is 0.267 e. The zero-order valence-corrected chi connectivity index (χ0v) is 11.1.